The second kappa shape index (κ2) is 5.79. The molecule has 0 fully saturated rings. The van der Waals surface area contributed by atoms with Gasteiger partial charge in [-0.3, -0.25) is 0 Å². The average molecular weight is 280 g/mol. The molecule has 0 radical (unpaired) electrons. The van der Waals surface area contributed by atoms with Crippen molar-refractivity contribution >= 4 is 23.0 Å². The first-order valence-corrected chi connectivity index (χ1v) is 6.62. The number of aryl methyl sites for hydroxylation is 1. The predicted octanol–water partition coefficient (Wildman–Crippen LogP) is 2.94. The number of carbonyl (C=O) groups is 1. The van der Waals surface area contributed by atoms with Gasteiger partial charge in [0.25, 0.3) is 0 Å². The molecule has 1 aromatic carbocycles. The number of benzene rings is 1. The number of nitrogens with zero attached hydrogens (tertiary/aromatic N) is 1. The molecule has 0 aliphatic heterocycles. The molecule has 1 heterocycles. The molecule has 2 rings (SSSR count). The van der Waals surface area contributed by atoms with Crippen LogP contribution in [0, 0.1) is 12.7 Å². The van der Waals surface area contributed by atoms with E-state index in [4.69, 9.17) is 5.11 Å². The molecule has 4 nitrogen and oxygen atoms in total. The Labute approximate surface area is 113 Å². The number of nitrogens with one attached hydrogen (secondary N) is 1. The number of anilines is 1. The minimum Gasteiger partial charge on any atom is -0.478 e. The van der Waals surface area contributed by atoms with Crippen molar-refractivity contribution in [2.45, 2.75) is 13.3 Å². The van der Waals surface area contributed by atoms with Gasteiger partial charge in [0, 0.05) is 29.7 Å². The van der Waals surface area contributed by atoms with E-state index in [-0.39, 0.29) is 5.56 Å². The first-order chi connectivity index (χ1) is 9.06. The lowest BCUT2D eigenvalue weighted by Gasteiger charge is -2.06. The number of carboxylic acids is 1. The zero-order valence-corrected chi connectivity index (χ0v) is 11.1. The number of rotatable bonds is 5. The first-order valence-electron chi connectivity index (χ1n) is 5.74. The van der Waals surface area contributed by atoms with Crippen LogP contribution in [0.2, 0.25) is 0 Å². The standard InChI is InChI=1S/C13H13FN2O2S/c1-8-7-19-12(16-8)4-5-15-9-2-3-10(13(17)18)11(14)6-9/h2-3,6-7,15H,4-5H2,1H3,(H,17,18). The SMILES string of the molecule is Cc1csc(CCNc2ccc(C(=O)O)c(F)c2)n1. The van der Waals surface area contributed by atoms with E-state index >= 15 is 0 Å². The van der Waals surface area contributed by atoms with Gasteiger partial charge >= 0.3 is 5.97 Å². The largest absolute Gasteiger partial charge is 0.478 e. The van der Waals surface area contributed by atoms with Crippen LogP contribution < -0.4 is 5.32 Å². The quantitative estimate of drug-likeness (QED) is 0.884. The summed E-state index contributed by atoms with van der Waals surface area (Å²) in [5.41, 5.74) is 1.24. The Morgan fingerprint density at radius 1 is 1.53 bits per heavy atom. The third-order valence-corrected chi connectivity index (χ3v) is 3.56. The van der Waals surface area contributed by atoms with Crippen LogP contribution in [-0.2, 0) is 6.42 Å². The van der Waals surface area contributed by atoms with Crippen molar-refractivity contribution in [3.8, 4) is 0 Å². The molecule has 19 heavy (non-hydrogen) atoms. The molecule has 0 aliphatic rings. The van der Waals surface area contributed by atoms with Crippen molar-refractivity contribution in [2.24, 2.45) is 0 Å². The third-order valence-electron chi connectivity index (χ3n) is 2.53. The van der Waals surface area contributed by atoms with Crippen LogP contribution in [0.3, 0.4) is 0 Å². The lowest BCUT2D eigenvalue weighted by molar-refractivity contribution is 0.0692. The zero-order valence-electron chi connectivity index (χ0n) is 10.3. The maximum Gasteiger partial charge on any atom is 0.338 e. The van der Waals surface area contributed by atoms with Crippen LogP contribution in [0.4, 0.5) is 10.1 Å². The number of hydrogen-bond acceptors (Lipinski definition) is 4. The third kappa shape index (κ3) is 3.51. The van der Waals surface area contributed by atoms with Gasteiger partial charge in [-0.05, 0) is 25.1 Å². The predicted molar refractivity (Wildman–Crippen MR) is 72.4 cm³/mol. The number of aromatic nitrogens is 1. The molecule has 0 bridgehead atoms. The summed E-state index contributed by atoms with van der Waals surface area (Å²) in [6.45, 7) is 2.56. The van der Waals surface area contributed by atoms with E-state index < -0.39 is 11.8 Å². The van der Waals surface area contributed by atoms with E-state index in [0.29, 0.717) is 12.2 Å². The van der Waals surface area contributed by atoms with Crippen molar-refractivity contribution in [1.29, 1.82) is 0 Å². The summed E-state index contributed by atoms with van der Waals surface area (Å²) in [4.78, 5) is 15.0. The van der Waals surface area contributed by atoms with Gasteiger partial charge in [-0.2, -0.15) is 0 Å². The highest BCUT2D eigenvalue weighted by Gasteiger charge is 2.10. The van der Waals surface area contributed by atoms with E-state index in [1.165, 1.54) is 12.1 Å². The highest BCUT2D eigenvalue weighted by molar-refractivity contribution is 7.09. The van der Waals surface area contributed by atoms with Crippen molar-refractivity contribution < 1.29 is 14.3 Å². The Morgan fingerprint density at radius 3 is 2.89 bits per heavy atom. The van der Waals surface area contributed by atoms with E-state index in [2.05, 4.69) is 10.3 Å². The number of aromatic carboxylic acids is 1. The van der Waals surface area contributed by atoms with Gasteiger partial charge in [-0.25, -0.2) is 14.2 Å². The monoisotopic (exact) mass is 280 g/mol. The molecular weight excluding hydrogens is 267 g/mol. The van der Waals surface area contributed by atoms with Gasteiger partial charge in [-0.1, -0.05) is 0 Å². The second-order valence-corrected chi connectivity index (χ2v) is 5.00. The molecule has 100 valence electrons. The Hall–Kier alpha value is -1.95. The summed E-state index contributed by atoms with van der Waals surface area (Å²) in [6.07, 6.45) is 0.751. The molecule has 0 amide bonds. The second-order valence-electron chi connectivity index (χ2n) is 4.06. The summed E-state index contributed by atoms with van der Waals surface area (Å²) in [5.74, 6) is -2.00. The minimum absolute atomic E-state index is 0.318. The highest BCUT2D eigenvalue weighted by atomic mass is 32.1. The summed E-state index contributed by atoms with van der Waals surface area (Å²) in [5, 5.41) is 14.8. The van der Waals surface area contributed by atoms with Gasteiger partial charge in [0.15, 0.2) is 0 Å². The molecule has 0 spiro atoms. The molecular formula is C13H13FN2O2S. The van der Waals surface area contributed by atoms with Crippen molar-refractivity contribution in [2.75, 3.05) is 11.9 Å². The Bertz CT molecular complexity index is 598. The normalized spacial score (nSPS) is 10.4. The Morgan fingerprint density at radius 2 is 2.32 bits per heavy atom. The molecule has 0 saturated carbocycles. The summed E-state index contributed by atoms with van der Waals surface area (Å²) >= 11 is 1.59. The fourth-order valence-corrected chi connectivity index (χ4v) is 2.41. The fraction of sp³-hybridized carbons (Fsp3) is 0.231. The van der Waals surface area contributed by atoms with Gasteiger partial charge in [0.05, 0.1) is 10.6 Å². The number of thiazole rings is 1. The molecule has 1 aromatic heterocycles. The summed E-state index contributed by atoms with van der Waals surface area (Å²) in [6, 6.07) is 4.00. The molecule has 2 N–H and O–H groups in total. The molecule has 2 aromatic rings. The number of hydrogen-bond donors (Lipinski definition) is 2. The topological polar surface area (TPSA) is 62.2 Å². The van der Waals surface area contributed by atoms with E-state index in [1.54, 1.807) is 17.4 Å². The molecule has 0 unspecified atom stereocenters. The fourth-order valence-electron chi connectivity index (χ4n) is 1.63. The van der Waals surface area contributed by atoms with Gasteiger partial charge in [-0.15, -0.1) is 11.3 Å². The van der Waals surface area contributed by atoms with Gasteiger partial charge in [0.2, 0.25) is 0 Å². The van der Waals surface area contributed by atoms with E-state index in [0.717, 1.165) is 17.1 Å². The van der Waals surface area contributed by atoms with Crippen LogP contribution in [-0.4, -0.2) is 22.6 Å². The van der Waals surface area contributed by atoms with E-state index in [9.17, 15) is 9.18 Å². The van der Waals surface area contributed by atoms with Crippen LogP contribution >= 0.6 is 11.3 Å². The Kier molecular flexibility index (Phi) is 4.11. The first kappa shape index (κ1) is 13.5. The highest BCUT2D eigenvalue weighted by Crippen LogP contribution is 2.15. The lowest BCUT2D eigenvalue weighted by atomic mass is 10.2. The maximum absolute atomic E-state index is 13.4. The van der Waals surface area contributed by atoms with Crippen LogP contribution in [0.1, 0.15) is 21.1 Å². The molecule has 0 atom stereocenters. The molecule has 0 aliphatic carbocycles. The number of carboxylic acid groups (broad SMARTS) is 1. The van der Waals surface area contributed by atoms with Crippen molar-refractivity contribution in [1.82, 2.24) is 4.98 Å². The zero-order chi connectivity index (χ0) is 13.8. The smallest absolute Gasteiger partial charge is 0.338 e. The average Bonchev–Trinajstić information content (AvgIpc) is 2.75. The van der Waals surface area contributed by atoms with Crippen LogP contribution in [0.5, 0.6) is 0 Å². The van der Waals surface area contributed by atoms with Crippen LogP contribution in [0.15, 0.2) is 23.6 Å². The van der Waals surface area contributed by atoms with E-state index in [1.807, 2.05) is 12.3 Å². The van der Waals surface area contributed by atoms with Gasteiger partial charge in [0.1, 0.15) is 5.82 Å². The minimum atomic E-state index is -1.26. The maximum atomic E-state index is 13.4. The molecule has 6 heteroatoms. The lowest BCUT2D eigenvalue weighted by Crippen LogP contribution is -2.06. The van der Waals surface area contributed by atoms with Crippen LogP contribution in [0.25, 0.3) is 0 Å². The Balaban J connectivity index is 1.93. The van der Waals surface area contributed by atoms with Crippen molar-refractivity contribution in [3.05, 3.63) is 45.7 Å². The number of halogens is 1. The summed E-state index contributed by atoms with van der Waals surface area (Å²) in [7, 11) is 0. The van der Waals surface area contributed by atoms with Crippen molar-refractivity contribution in [3.63, 3.8) is 0 Å². The molecule has 0 saturated heterocycles. The summed E-state index contributed by atoms with van der Waals surface area (Å²) < 4.78 is 13.4. The van der Waals surface area contributed by atoms with Gasteiger partial charge < -0.3 is 10.4 Å².